The van der Waals surface area contributed by atoms with Gasteiger partial charge in [-0.2, -0.15) is 0 Å². The zero-order valence-corrected chi connectivity index (χ0v) is 11.8. The Balaban J connectivity index is 2.90. The first-order valence-corrected chi connectivity index (χ1v) is 6.56. The second kappa shape index (κ2) is 7.87. The lowest BCUT2D eigenvalue weighted by Crippen LogP contribution is -2.23. The fraction of sp³-hybridized carbons (Fsp3) is 0.692. The van der Waals surface area contributed by atoms with Crippen LogP contribution in [0, 0.1) is 0 Å². The van der Waals surface area contributed by atoms with E-state index in [0.717, 1.165) is 36.6 Å². The molecule has 0 bridgehead atoms. The highest BCUT2D eigenvalue weighted by atomic mass is 16.5. The van der Waals surface area contributed by atoms with Crippen molar-refractivity contribution in [2.24, 2.45) is 0 Å². The van der Waals surface area contributed by atoms with Gasteiger partial charge in [0.05, 0.1) is 6.61 Å². The molecule has 0 amide bonds. The number of hydrogen-bond acceptors (Lipinski definition) is 5. The summed E-state index contributed by atoms with van der Waals surface area (Å²) in [5, 5.41) is 6.66. The van der Waals surface area contributed by atoms with E-state index in [1.54, 1.807) is 13.4 Å². The third-order valence-corrected chi connectivity index (χ3v) is 2.59. The van der Waals surface area contributed by atoms with Crippen LogP contribution in [0.15, 0.2) is 6.33 Å². The van der Waals surface area contributed by atoms with E-state index in [4.69, 9.17) is 4.74 Å². The maximum atomic E-state index is 5.13. The minimum Gasteiger partial charge on any atom is -0.383 e. The molecule has 5 nitrogen and oxygen atoms in total. The molecule has 0 aliphatic heterocycles. The Kier molecular flexibility index (Phi) is 6.43. The van der Waals surface area contributed by atoms with Crippen LogP contribution >= 0.6 is 0 Å². The number of methoxy groups -OCH3 is 1. The van der Waals surface area contributed by atoms with Gasteiger partial charge in [0.25, 0.3) is 0 Å². The number of hydrogen-bond donors (Lipinski definition) is 2. The molecule has 5 heteroatoms. The van der Waals surface area contributed by atoms with Crippen LogP contribution in [0.2, 0.25) is 0 Å². The Bertz CT molecular complexity index is 357. The van der Waals surface area contributed by atoms with Gasteiger partial charge in [0.1, 0.15) is 18.0 Å². The van der Waals surface area contributed by atoms with Crippen LogP contribution in [0.25, 0.3) is 0 Å². The van der Waals surface area contributed by atoms with Crippen LogP contribution in [0.3, 0.4) is 0 Å². The number of ether oxygens (including phenoxy) is 1. The number of rotatable bonds is 8. The monoisotopic (exact) mass is 252 g/mol. The summed E-state index contributed by atoms with van der Waals surface area (Å²) in [6.45, 7) is 7.82. The highest BCUT2D eigenvalue weighted by Gasteiger charge is 2.12. The highest BCUT2D eigenvalue weighted by molar-refractivity contribution is 5.57. The first kappa shape index (κ1) is 14.7. The Morgan fingerprint density at radius 2 is 2.00 bits per heavy atom. The van der Waals surface area contributed by atoms with E-state index >= 15 is 0 Å². The van der Waals surface area contributed by atoms with Gasteiger partial charge in [-0.1, -0.05) is 13.3 Å². The standard InChI is InChI=1S/C13H24N4O/c1-5-7-11-12(14-6-2)15-9-16-13(11)17-10(3)8-18-4/h9-10H,5-8H2,1-4H3,(H2,14,15,16,17). The fourth-order valence-corrected chi connectivity index (χ4v) is 1.87. The summed E-state index contributed by atoms with van der Waals surface area (Å²) in [5.74, 6) is 1.84. The number of nitrogens with zero attached hydrogens (tertiary/aromatic N) is 2. The Morgan fingerprint density at radius 3 is 2.61 bits per heavy atom. The SMILES string of the molecule is CCCc1c(NCC)ncnc1NC(C)COC. The molecular formula is C13H24N4O. The van der Waals surface area contributed by atoms with Crippen LogP contribution in [0.1, 0.15) is 32.8 Å². The first-order chi connectivity index (χ1) is 8.72. The molecule has 0 aromatic carbocycles. The van der Waals surface area contributed by atoms with Gasteiger partial charge in [-0.05, 0) is 20.3 Å². The second-order valence-electron chi connectivity index (χ2n) is 4.33. The van der Waals surface area contributed by atoms with Crippen LogP contribution in [-0.4, -0.2) is 36.3 Å². The lowest BCUT2D eigenvalue weighted by Gasteiger charge is -2.18. The Morgan fingerprint density at radius 1 is 1.28 bits per heavy atom. The van der Waals surface area contributed by atoms with Crippen molar-refractivity contribution in [1.29, 1.82) is 0 Å². The van der Waals surface area contributed by atoms with Crippen molar-refractivity contribution in [3.8, 4) is 0 Å². The minimum atomic E-state index is 0.231. The van der Waals surface area contributed by atoms with Crippen molar-refractivity contribution in [2.45, 2.75) is 39.7 Å². The van der Waals surface area contributed by atoms with Gasteiger partial charge in [-0.3, -0.25) is 0 Å². The van der Waals surface area contributed by atoms with E-state index in [-0.39, 0.29) is 6.04 Å². The quantitative estimate of drug-likeness (QED) is 0.743. The summed E-state index contributed by atoms with van der Waals surface area (Å²) in [4.78, 5) is 8.65. The van der Waals surface area contributed by atoms with Gasteiger partial charge in [0.15, 0.2) is 0 Å². The maximum Gasteiger partial charge on any atom is 0.135 e. The van der Waals surface area contributed by atoms with E-state index in [2.05, 4.69) is 41.4 Å². The maximum absolute atomic E-state index is 5.13. The van der Waals surface area contributed by atoms with Crippen LogP contribution < -0.4 is 10.6 Å². The smallest absolute Gasteiger partial charge is 0.135 e. The molecule has 18 heavy (non-hydrogen) atoms. The van der Waals surface area contributed by atoms with E-state index in [1.165, 1.54) is 0 Å². The second-order valence-corrected chi connectivity index (χ2v) is 4.33. The number of anilines is 2. The van der Waals surface area contributed by atoms with Crippen LogP contribution in [0.5, 0.6) is 0 Å². The van der Waals surface area contributed by atoms with Crippen molar-refractivity contribution < 1.29 is 4.74 Å². The lowest BCUT2D eigenvalue weighted by molar-refractivity contribution is 0.190. The topological polar surface area (TPSA) is 59.1 Å². The van der Waals surface area contributed by atoms with Crippen LogP contribution in [0.4, 0.5) is 11.6 Å². The molecule has 1 aromatic rings. The van der Waals surface area contributed by atoms with Crippen molar-refractivity contribution in [1.82, 2.24) is 9.97 Å². The van der Waals surface area contributed by atoms with E-state index in [1.807, 2.05) is 0 Å². The molecule has 0 saturated carbocycles. The average molecular weight is 252 g/mol. The van der Waals surface area contributed by atoms with Crippen LogP contribution in [-0.2, 0) is 11.2 Å². The van der Waals surface area contributed by atoms with Crippen molar-refractivity contribution >= 4 is 11.6 Å². The molecule has 1 heterocycles. The predicted octanol–water partition coefficient (Wildman–Crippen LogP) is 2.31. The Hall–Kier alpha value is -1.36. The molecule has 2 N–H and O–H groups in total. The van der Waals surface area contributed by atoms with E-state index in [0.29, 0.717) is 6.61 Å². The molecule has 102 valence electrons. The third kappa shape index (κ3) is 4.14. The van der Waals surface area contributed by atoms with Gasteiger partial charge < -0.3 is 15.4 Å². The molecular weight excluding hydrogens is 228 g/mol. The van der Waals surface area contributed by atoms with Gasteiger partial charge >= 0.3 is 0 Å². The van der Waals surface area contributed by atoms with E-state index < -0.39 is 0 Å². The summed E-state index contributed by atoms with van der Waals surface area (Å²) in [6.07, 6.45) is 3.63. The molecule has 0 saturated heterocycles. The zero-order valence-electron chi connectivity index (χ0n) is 11.8. The molecule has 1 atom stereocenters. The summed E-state index contributed by atoms with van der Waals surface area (Å²) < 4.78 is 5.13. The van der Waals surface area contributed by atoms with Gasteiger partial charge in [0.2, 0.25) is 0 Å². The summed E-state index contributed by atoms with van der Waals surface area (Å²) in [7, 11) is 1.70. The van der Waals surface area contributed by atoms with E-state index in [9.17, 15) is 0 Å². The summed E-state index contributed by atoms with van der Waals surface area (Å²) >= 11 is 0. The first-order valence-electron chi connectivity index (χ1n) is 6.56. The number of aromatic nitrogens is 2. The van der Waals surface area contributed by atoms with Gasteiger partial charge in [0, 0.05) is 25.3 Å². The van der Waals surface area contributed by atoms with Crippen molar-refractivity contribution in [2.75, 3.05) is 30.9 Å². The number of nitrogens with one attached hydrogen (secondary N) is 2. The van der Waals surface area contributed by atoms with Gasteiger partial charge in [-0.15, -0.1) is 0 Å². The van der Waals surface area contributed by atoms with Crippen molar-refractivity contribution in [3.05, 3.63) is 11.9 Å². The van der Waals surface area contributed by atoms with Crippen molar-refractivity contribution in [3.63, 3.8) is 0 Å². The highest BCUT2D eigenvalue weighted by Crippen LogP contribution is 2.22. The lowest BCUT2D eigenvalue weighted by atomic mass is 10.1. The largest absolute Gasteiger partial charge is 0.383 e. The predicted molar refractivity (Wildman–Crippen MR) is 75.2 cm³/mol. The minimum absolute atomic E-state index is 0.231. The fourth-order valence-electron chi connectivity index (χ4n) is 1.87. The summed E-state index contributed by atoms with van der Waals surface area (Å²) in [6, 6.07) is 0.231. The average Bonchev–Trinajstić information content (AvgIpc) is 2.34. The van der Waals surface area contributed by atoms with Gasteiger partial charge in [-0.25, -0.2) is 9.97 Å². The Labute approximate surface area is 109 Å². The molecule has 1 aromatic heterocycles. The molecule has 0 radical (unpaired) electrons. The molecule has 0 aliphatic carbocycles. The molecule has 0 fully saturated rings. The molecule has 0 aliphatic rings. The third-order valence-electron chi connectivity index (χ3n) is 2.59. The molecule has 1 unspecified atom stereocenters. The molecule has 0 spiro atoms. The normalized spacial score (nSPS) is 12.2. The molecule has 1 rings (SSSR count). The summed E-state index contributed by atoms with van der Waals surface area (Å²) in [5.41, 5.74) is 1.16. The zero-order chi connectivity index (χ0) is 13.4.